The van der Waals surface area contributed by atoms with E-state index in [1.165, 1.54) is 0 Å². The van der Waals surface area contributed by atoms with Crippen LogP contribution >= 0.6 is 11.6 Å². The maximum absolute atomic E-state index is 8.40. The van der Waals surface area contributed by atoms with Crippen molar-refractivity contribution >= 4 is 11.6 Å². The van der Waals surface area contributed by atoms with Gasteiger partial charge in [0.1, 0.15) is 5.15 Å². The normalized spacial score (nSPS) is 12.4. The zero-order valence-electron chi connectivity index (χ0n) is 6.44. The Kier molecular flexibility index (Phi) is 3.09. The number of hydrogen-bond acceptors (Lipinski definition) is 3. The molecule has 0 radical (unpaired) electrons. The van der Waals surface area contributed by atoms with E-state index in [1.54, 1.807) is 16.9 Å². The van der Waals surface area contributed by atoms with Gasteiger partial charge in [-0.05, 0) is 12.5 Å². The molecule has 64 valence electrons. The van der Waals surface area contributed by atoms with Crippen molar-refractivity contribution in [1.29, 1.82) is 5.26 Å². The van der Waals surface area contributed by atoms with Crippen LogP contribution in [0.1, 0.15) is 6.42 Å². The first-order valence-corrected chi connectivity index (χ1v) is 3.94. The summed E-state index contributed by atoms with van der Waals surface area (Å²) in [6.07, 6.45) is 2.18. The Morgan fingerprint density at radius 2 is 2.58 bits per heavy atom. The summed E-state index contributed by atoms with van der Waals surface area (Å²) in [4.78, 5) is 0. The van der Waals surface area contributed by atoms with Crippen LogP contribution in [0.5, 0.6) is 0 Å². The molecular formula is C7H9ClN4. The van der Waals surface area contributed by atoms with Crippen LogP contribution in [-0.2, 0) is 6.54 Å². The van der Waals surface area contributed by atoms with Crippen molar-refractivity contribution in [2.24, 2.45) is 5.73 Å². The number of nitrogens with zero attached hydrogens (tertiary/aromatic N) is 3. The number of nitriles is 1. The SMILES string of the molecule is N#CC(N)CCn1nccc1Cl. The lowest BCUT2D eigenvalue weighted by molar-refractivity contribution is 0.555. The fourth-order valence-corrected chi connectivity index (χ4v) is 0.991. The molecule has 1 atom stereocenters. The summed E-state index contributed by atoms with van der Waals surface area (Å²) in [5.41, 5.74) is 5.39. The van der Waals surface area contributed by atoms with E-state index in [4.69, 9.17) is 22.6 Å². The Bertz CT molecular complexity index is 288. The third-order valence-electron chi connectivity index (χ3n) is 1.48. The molecule has 5 heteroatoms. The minimum absolute atomic E-state index is 0.440. The van der Waals surface area contributed by atoms with Crippen LogP contribution in [0.3, 0.4) is 0 Å². The molecule has 1 rings (SSSR count). The molecule has 0 aromatic carbocycles. The molecule has 0 amide bonds. The van der Waals surface area contributed by atoms with E-state index < -0.39 is 6.04 Å². The first-order chi connectivity index (χ1) is 5.74. The second-order valence-electron chi connectivity index (χ2n) is 2.40. The molecule has 12 heavy (non-hydrogen) atoms. The van der Waals surface area contributed by atoms with Crippen molar-refractivity contribution in [2.75, 3.05) is 0 Å². The first-order valence-electron chi connectivity index (χ1n) is 3.56. The topological polar surface area (TPSA) is 67.6 Å². The maximum atomic E-state index is 8.40. The van der Waals surface area contributed by atoms with E-state index in [-0.39, 0.29) is 0 Å². The highest BCUT2D eigenvalue weighted by Gasteiger charge is 2.02. The van der Waals surface area contributed by atoms with Crippen LogP contribution < -0.4 is 5.73 Å². The van der Waals surface area contributed by atoms with Crippen LogP contribution in [0, 0.1) is 11.3 Å². The Morgan fingerprint density at radius 1 is 1.83 bits per heavy atom. The largest absolute Gasteiger partial charge is 0.316 e. The van der Waals surface area contributed by atoms with Gasteiger partial charge in [0.25, 0.3) is 0 Å². The van der Waals surface area contributed by atoms with E-state index in [2.05, 4.69) is 5.10 Å². The second-order valence-corrected chi connectivity index (χ2v) is 2.79. The van der Waals surface area contributed by atoms with E-state index in [9.17, 15) is 0 Å². The monoisotopic (exact) mass is 184 g/mol. The standard InChI is InChI=1S/C7H9ClN4/c8-7-1-3-11-12(7)4-2-6(10)5-9/h1,3,6H,2,4,10H2. The fourth-order valence-electron chi connectivity index (χ4n) is 0.807. The Morgan fingerprint density at radius 3 is 3.08 bits per heavy atom. The molecule has 0 aliphatic rings. The summed E-state index contributed by atoms with van der Waals surface area (Å²) in [5.74, 6) is 0. The lowest BCUT2D eigenvalue weighted by Gasteiger charge is -2.03. The maximum Gasteiger partial charge on any atom is 0.127 e. The lowest BCUT2D eigenvalue weighted by Crippen LogP contribution is -2.19. The summed E-state index contributed by atoms with van der Waals surface area (Å²) in [6.45, 7) is 0.584. The number of rotatable bonds is 3. The van der Waals surface area contributed by atoms with Crippen molar-refractivity contribution in [2.45, 2.75) is 19.0 Å². The van der Waals surface area contributed by atoms with Gasteiger partial charge in [0, 0.05) is 6.54 Å². The summed E-state index contributed by atoms with van der Waals surface area (Å²) >= 11 is 5.74. The van der Waals surface area contributed by atoms with E-state index >= 15 is 0 Å². The first kappa shape index (κ1) is 9.04. The molecule has 0 aliphatic carbocycles. The van der Waals surface area contributed by atoms with Gasteiger partial charge in [0.15, 0.2) is 0 Å². The van der Waals surface area contributed by atoms with Gasteiger partial charge >= 0.3 is 0 Å². The molecule has 1 aromatic heterocycles. The number of hydrogen-bond donors (Lipinski definition) is 1. The number of halogens is 1. The molecule has 0 fully saturated rings. The second kappa shape index (κ2) is 4.10. The molecule has 2 N–H and O–H groups in total. The van der Waals surface area contributed by atoms with Crippen LogP contribution in [0.4, 0.5) is 0 Å². The van der Waals surface area contributed by atoms with Crippen molar-refractivity contribution in [3.8, 4) is 6.07 Å². The van der Waals surface area contributed by atoms with Crippen molar-refractivity contribution in [1.82, 2.24) is 9.78 Å². The molecule has 0 bridgehead atoms. The third kappa shape index (κ3) is 2.22. The molecule has 0 saturated heterocycles. The van der Waals surface area contributed by atoms with E-state index in [1.807, 2.05) is 6.07 Å². The third-order valence-corrected chi connectivity index (χ3v) is 1.80. The van der Waals surface area contributed by atoms with Crippen molar-refractivity contribution in [3.63, 3.8) is 0 Å². The van der Waals surface area contributed by atoms with Crippen molar-refractivity contribution in [3.05, 3.63) is 17.4 Å². The summed E-state index contributed by atoms with van der Waals surface area (Å²) in [7, 11) is 0. The average Bonchev–Trinajstić information content (AvgIpc) is 2.47. The number of nitrogens with two attached hydrogens (primary N) is 1. The zero-order valence-corrected chi connectivity index (χ0v) is 7.20. The van der Waals surface area contributed by atoms with Gasteiger partial charge in [-0.1, -0.05) is 11.6 Å². The summed E-state index contributed by atoms with van der Waals surface area (Å²) in [6, 6.07) is 3.19. The molecular weight excluding hydrogens is 176 g/mol. The highest BCUT2D eigenvalue weighted by molar-refractivity contribution is 6.29. The van der Waals surface area contributed by atoms with E-state index in [0.717, 1.165) is 0 Å². The fraction of sp³-hybridized carbons (Fsp3) is 0.429. The van der Waals surface area contributed by atoms with Gasteiger partial charge in [-0.15, -0.1) is 0 Å². The van der Waals surface area contributed by atoms with Gasteiger partial charge in [0.2, 0.25) is 0 Å². The quantitative estimate of drug-likeness (QED) is 0.755. The molecule has 4 nitrogen and oxygen atoms in total. The molecule has 0 aliphatic heterocycles. The van der Waals surface area contributed by atoms with Crippen LogP contribution in [0.2, 0.25) is 5.15 Å². The highest BCUT2D eigenvalue weighted by Crippen LogP contribution is 2.06. The molecule has 0 spiro atoms. The van der Waals surface area contributed by atoms with Gasteiger partial charge < -0.3 is 5.73 Å². The Labute approximate surface area is 75.5 Å². The number of aryl methyl sites for hydroxylation is 1. The van der Waals surface area contributed by atoms with Gasteiger partial charge in [-0.25, -0.2) is 0 Å². The van der Waals surface area contributed by atoms with Gasteiger partial charge in [0.05, 0.1) is 18.3 Å². The number of aromatic nitrogens is 2. The Balaban J connectivity index is 2.44. The lowest BCUT2D eigenvalue weighted by atomic mass is 10.2. The Hall–Kier alpha value is -1.05. The molecule has 1 aromatic rings. The van der Waals surface area contributed by atoms with Crippen molar-refractivity contribution < 1.29 is 0 Å². The van der Waals surface area contributed by atoms with Gasteiger partial charge in [-0.2, -0.15) is 10.4 Å². The highest BCUT2D eigenvalue weighted by atomic mass is 35.5. The minimum Gasteiger partial charge on any atom is -0.316 e. The summed E-state index contributed by atoms with van der Waals surface area (Å²) in [5, 5.41) is 12.9. The minimum atomic E-state index is -0.440. The average molecular weight is 185 g/mol. The van der Waals surface area contributed by atoms with Crippen LogP contribution in [0.25, 0.3) is 0 Å². The van der Waals surface area contributed by atoms with Crippen LogP contribution in [0.15, 0.2) is 12.3 Å². The smallest absolute Gasteiger partial charge is 0.127 e. The van der Waals surface area contributed by atoms with Gasteiger partial charge in [-0.3, -0.25) is 4.68 Å². The molecule has 1 unspecified atom stereocenters. The predicted molar refractivity (Wildman–Crippen MR) is 45.4 cm³/mol. The predicted octanol–water partition coefficient (Wildman–Crippen LogP) is 0.777. The van der Waals surface area contributed by atoms with Crippen LogP contribution in [-0.4, -0.2) is 15.8 Å². The zero-order chi connectivity index (χ0) is 8.97. The molecule has 0 saturated carbocycles. The van der Waals surface area contributed by atoms with E-state index in [0.29, 0.717) is 18.1 Å². The summed E-state index contributed by atoms with van der Waals surface area (Å²) < 4.78 is 1.61. The molecule has 1 heterocycles.